The van der Waals surface area contributed by atoms with E-state index in [1.54, 1.807) is 12.1 Å². The fourth-order valence-electron chi connectivity index (χ4n) is 2.40. The quantitative estimate of drug-likeness (QED) is 0.837. The van der Waals surface area contributed by atoms with Gasteiger partial charge in [-0.1, -0.05) is 17.7 Å². The monoisotopic (exact) mass is 241 g/mol. The largest absolute Gasteiger partial charge is 0.311 e. The average Bonchev–Trinajstić information content (AvgIpc) is 2.52. The fourth-order valence-corrected chi connectivity index (χ4v) is 2.64. The Morgan fingerprint density at radius 3 is 2.81 bits per heavy atom. The van der Waals surface area contributed by atoms with Crippen molar-refractivity contribution in [3.63, 3.8) is 0 Å². The van der Waals surface area contributed by atoms with Crippen molar-refractivity contribution in [2.75, 3.05) is 6.54 Å². The summed E-state index contributed by atoms with van der Waals surface area (Å²) in [6.07, 6.45) is 1.79. The lowest BCUT2D eigenvalue weighted by molar-refractivity contribution is 0.330. The van der Waals surface area contributed by atoms with Gasteiger partial charge < -0.3 is 5.32 Å². The normalized spacial score (nSPS) is 23.6. The standard InChI is InChI=1S/C13H17ClFN/c1-13(2)9(6-7-16-13)8-10-11(14)4-3-5-12(10)15/h3-5,9,16H,6-8H2,1-2H3. The molecule has 0 saturated carbocycles. The van der Waals surface area contributed by atoms with E-state index in [0.29, 0.717) is 22.9 Å². The molecule has 0 aliphatic carbocycles. The smallest absolute Gasteiger partial charge is 0.127 e. The summed E-state index contributed by atoms with van der Waals surface area (Å²) < 4.78 is 13.7. The third-order valence-corrected chi connectivity index (χ3v) is 3.96. The molecular formula is C13H17ClFN. The lowest BCUT2D eigenvalue weighted by atomic mass is 9.84. The van der Waals surface area contributed by atoms with Crippen LogP contribution < -0.4 is 5.32 Å². The van der Waals surface area contributed by atoms with Gasteiger partial charge in [0.2, 0.25) is 0 Å². The Morgan fingerprint density at radius 2 is 2.25 bits per heavy atom. The summed E-state index contributed by atoms with van der Waals surface area (Å²) in [5.41, 5.74) is 0.733. The topological polar surface area (TPSA) is 12.0 Å². The number of hydrogen-bond acceptors (Lipinski definition) is 1. The van der Waals surface area contributed by atoms with Crippen LogP contribution in [0.5, 0.6) is 0 Å². The first-order chi connectivity index (χ1) is 7.50. The van der Waals surface area contributed by atoms with E-state index in [2.05, 4.69) is 19.2 Å². The number of nitrogens with one attached hydrogen (secondary N) is 1. The highest BCUT2D eigenvalue weighted by Crippen LogP contribution is 2.32. The molecular weight excluding hydrogens is 225 g/mol. The first-order valence-corrected chi connectivity index (χ1v) is 6.06. The van der Waals surface area contributed by atoms with Crippen molar-refractivity contribution in [3.8, 4) is 0 Å². The summed E-state index contributed by atoms with van der Waals surface area (Å²) in [6, 6.07) is 4.89. The summed E-state index contributed by atoms with van der Waals surface area (Å²) in [5, 5.41) is 3.98. The highest BCUT2D eigenvalue weighted by Gasteiger charge is 2.34. The molecule has 0 spiro atoms. The molecule has 3 heteroatoms. The van der Waals surface area contributed by atoms with Gasteiger partial charge in [0.1, 0.15) is 5.82 Å². The summed E-state index contributed by atoms with van der Waals surface area (Å²) >= 11 is 6.04. The van der Waals surface area contributed by atoms with Crippen molar-refractivity contribution in [2.45, 2.75) is 32.2 Å². The van der Waals surface area contributed by atoms with Gasteiger partial charge in [0.25, 0.3) is 0 Å². The Hall–Kier alpha value is -0.600. The summed E-state index contributed by atoms with van der Waals surface area (Å²) in [5.74, 6) is 0.261. The molecule has 1 nitrogen and oxygen atoms in total. The van der Waals surface area contributed by atoms with Crippen LogP contribution in [0, 0.1) is 11.7 Å². The van der Waals surface area contributed by atoms with Crippen LogP contribution in [0.25, 0.3) is 0 Å². The van der Waals surface area contributed by atoms with Crippen molar-refractivity contribution >= 4 is 11.6 Å². The lowest BCUT2D eigenvalue weighted by Crippen LogP contribution is -2.39. The number of benzene rings is 1. The predicted octanol–water partition coefficient (Wildman–Crippen LogP) is 3.41. The Labute approximate surface area is 101 Å². The van der Waals surface area contributed by atoms with E-state index < -0.39 is 0 Å². The molecule has 1 heterocycles. The Kier molecular flexibility index (Phi) is 3.22. The van der Waals surface area contributed by atoms with Crippen LogP contribution in [0.4, 0.5) is 4.39 Å². The van der Waals surface area contributed by atoms with E-state index in [0.717, 1.165) is 13.0 Å². The fraction of sp³-hybridized carbons (Fsp3) is 0.538. The second-order valence-corrected chi connectivity index (χ2v) is 5.45. The van der Waals surface area contributed by atoms with Gasteiger partial charge in [0, 0.05) is 16.1 Å². The highest BCUT2D eigenvalue weighted by atomic mass is 35.5. The number of halogens is 2. The van der Waals surface area contributed by atoms with Gasteiger partial charge >= 0.3 is 0 Å². The molecule has 16 heavy (non-hydrogen) atoms. The van der Waals surface area contributed by atoms with Crippen molar-refractivity contribution in [3.05, 3.63) is 34.6 Å². The molecule has 2 rings (SSSR count). The Morgan fingerprint density at radius 1 is 1.50 bits per heavy atom. The first-order valence-electron chi connectivity index (χ1n) is 5.68. The molecule has 1 N–H and O–H groups in total. The third kappa shape index (κ3) is 2.23. The molecule has 0 amide bonds. The number of rotatable bonds is 2. The van der Waals surface area contributed by atoms with Gasteiger partial charge in [0.15, 0.2) is 0 Å². The van der Waals surface area contributed by atoms with Crippen LogP contribution in [0.3, 0.4) is 0 Å². The van der Waals surface area contributed by atoms with E-state index >= 15 is 0 Å². The Bertz CT molecular complexity index is 369. The molecule has 1 aliphatic rings. The third-order valence-electron chi connectivity index (χ3n) is 3.61. The lowest BCUT2D eigenvalue weighted by Gasteiger charge is -2.27. The predicted molar refractivity (Wildman–Crippen MR) is 65.3 cm³/mol. The maximum absolute atomic E-state index is 13.7. The SMILES string of the molecule is CC1(C)NCCC1Cc1c(F)cccc1Cl. The van der Waals surface area contributed by atoms with Gasteiger partial charge in [-0.15, -0.1) is 0 Å². The molecule has 1 saturated heterocycles. The molecule has 1 unspecified atom stereocenters. The van der Waals surface area contributed by atoms with E-state index in [4.69, 9.17) is 11.6 Å². The summed E-state index contributed by atoms with van der Waals surface area (Å²) in [7, 11) is 0. The molecule has 88 valence electrons. The van der Waals surface area contributed by atoms with Crippen LogP contribution >= 0.6 is 11.6 Å². The second kappa shape index (κ2) is 4.34. The maximum Gasteiger partial charge on any atom is 0.127 e. The van der Waals surface area contributed by atoms with Crippen molar-refractivity contribution in [1.29, 1.82) is 0 Å². The van der Waals surface area contributed by atoms with Gasteiger partial charge in [-0.25, -0.2) is 4.39 Å². The van der Waals surface area contributed by atoms with Gasteiger partial charge in [0.05, 0.1) is 0 Å². The van der Waals surface area contributed by atoms with Gasteiger partial charge in [-0.05, 0) is 51.3 Å². The van der Waals surface area contributed by atoms with Crippen LogP contribution in [-0.2, 0) is 6.42 Å². The number of hydrogen-bond donors (Lipinski definition) is 1. The van der Waals surface area contributed by atoms with Gasteiger partial charge in [-0.3, -0.25) is 0 Å². The molecule has 1 aromatic carbocycles. The zero-order chi connectivity index (χ0) is 11.8. The summed E-state index contributed by atoms with van der Waals surface area (Å²) in [6.45, 7) is 5.34. The van der Waals surface area contributed by atoms with E-state index in [1.807, 2.05) is 0 Å². The van der Waals surface area contributed by atoms with Crippen LogP contribution in [0.1, 0.15) is 25.8 Å². The molecule has 1 fully saturated rings. The zero-order valence-electron chi connectivity index (χ0n) is 9.69. The zero-order valence-corrected chi connectivity index (χ0v) is 10.4. The molecule has 0 bridgehead atoms. The minimum atomic E-state index is -0.185. The molecule has 0 radical (unpaired) electrons. The van der Waals surface area contributed by atoms with Crippen molar-refractivity contribution in [2.24, 2.45) is 5.92 Å². The molecule has 0 aromatic heterocycles. The highest BCUT2D eigenvalue weighted by molar-refractivity contribution is 6.31. The van der Waals surface area contributed by atoms with E-state index in [-0.39, 0.29) is 11.4 Å². The van der Waals surface area contributed by atoms with Crippen LogP contribution in [0.2, 0.25) is 5.02 Å². The van der Waals surface area contributed by atoms with E-state index in [9.17, 15) is 4.39 Å². The van der Waals surface area contributed by atoms with Crippen LogP contribution in [0.15, 0.2) is 18.2 Å². The van der Waals surface area contributed by atoms with Gasteiger partial charge in [-0.2, -0.15) is 0 Å². The minimum absolute atomic E-state index is 0.0750. The van der Waals surface area contributed by atoms with Crippen molar-refractivity contribution < 1.29 is 4.39 Å². The van der Waals surface area contributed by atoms with Crippen LogP contribution in [-0.4, -0.2) is 12.1 Å². The second-order valence-electron chi connectivity index (χ2n) is 5.04. The molecule has 1 atom stereocenters. The van der Waals surface area contributed by atoms with E-state index in [1.165, 1.54) is 6.07 Å². The minimum Gasteiger partial charge on any atom is -0.311 e. The average molecular weight is 242 g/mol. The Balaban J connectivity index is 2.21. The molecule has 1 aliphatic heterocycles. The van der Waals surface area contributed by atoms with Crippen molar-refractivity contribution in [1.82, 2.24) is 5.32 Å². The summed E-state index contributed by atoms with van der Waals surface area (Å²) in [4.78, 5) is 0. The first kappa shape index (κ1) is 11.9. The molecule has 1 aromatic rings. The maximum atomic E-state index is 13.7.